The molecular formula is C9H13O3P. The fourth-order valence-corrected chi connectivity index (χ4v) is 1.32. The van der Waals surface area contributed by atoms with E-state index in [0.29, 0.717) is 5.57 Å². The van der Waals surface area contributed by atoms with E-state index >= 15 is 0 Å². The van der Waals surface area contributed by atoms with Gasteiger partial charge in [-0.25, -0.2) is 9.13 Å². The van der Waals surface area contributed by atoms with Crippen LogP contribution >= 0.6 is 7.68 Å². The van der Waals surface area contributed by atoms with Crippen LogP contribution in [0.3, 0.4) is 0 Å². The molecule has 0 aliphatic heterocycles. The van der Waals surface area contributed by atoms with Crippen LogP contribution in [0.15, 0.2) is 23.3 Å². The summed E-state index contributed by atoms with van der Waals surface area (Å²) in [7, 11) is -2.43. The summed E-state index contributed by atoms with van der Waals surface area (Å²) in [5.41, 5.74) is 1.47. The molecule has 0 N–H and O–H groups in total. The molecule has 3 nitrogen and oxygen atoms in total. The largest absolute Gasteiger partial charge is 0.319 e. The molecule has 0 aromatic carbocycles. The summed E-state index contributed by atoms with van der Waals surface area (Å²) in [5, 5.41) is 0. The molecule has 0 fully saturated rings. The van der Waals surface area contributed by atoms with Crippen molar-refractivity contribution >= 4 is 13.5 Å². The Balaban J connectivity index is 4.39. The van der Waals surface area contributed by atoms with Crippen LogP contribution in [-0.2, 0) is 13.9 Å². The van der Waals surface area contributed by atoms with E-state index in [4.69, 9.17) is 0 Å². The third-order valence-corrected chi connectivity index (χ3v) is 1.96. The lowest BCUT2D eigenvalue weighted by atomic mass is 10.2. The van der Waals surface area contributed by atoms with Gasteiger partial charge < -0.3 is 0 Å². The van der Waals surface area contributed by atoms with Crippen molar-refractivity contribution in [3.8, 4) is 0 Å². The molecule has 13 heavy (non-hydrogen) atoms. The zero-order valence-electron chi connectivity index (χ0n) is 8.03. The fourth-order valence-electron chi connectivity index (χ4n) is 0.818. The van der Waals surface area contributed by atoms with E-state index in [2.05, 4.69) is 0 Å². The first kappa shape index (κ1) is 12.0. The second-order valence-corrected chi connectivity index (χ2v) is 4.09. The van der Waals surface area contributed by atoms with Gasteiger partial charge in [0.1, 0.15) is 0 Å². The molecule has 0 atom stereocenters. The first-order valence-electron chi connectivity index (χ1n) is 3.89. The van der Waals surface area contributed by atoms with E-state index in [0.717, 1.165) is 5.57 Å². The average Bonchev–Trinajstić information content (AvgIpc) is 1.80. The molecule has 0 aromatic rings. The van der Waals surface area contributed by atoms with Crippen LogP contribution in [0, 0.1) is 0 Å². The zero-order valence-corrected chi connectivity index (χ0v) is 8.93. The highest BCUT2D eigenvalue weighted by atomic mass is 31.1. The highest BCUT2D eigenvalue weighted by Gasteiger charge is 1.97. The van der Waals surface area contributed by atoms with Crippen molar-refractivity contribution in [2.45, 2.75) is 20.8 Å². The number of carbonyl (C=O) groups excluding carboxylic acids is 1. The standard InChI is InChI=1S/C9H13O3P/c1-7(2)4-9(10)5-8(3)6-13(11)12/h4-5H,6H2,1-3H3. The molecule has 0 heterocycles. The van der Waals surface area contributed by atoms with Crippen molar-refractivity contribution in [1.29, 1.82) is 0 Å². The highest BCUT2D eigenvalue weighted by Crippen LogP contribution is 2.09. The Morgan fingerprint density at radius 3 is 2.08 bits per heavy atom. The van der Waals surface area contributed by atoms with Crippen molar-refractivity contribution in [2.24, 2.45) is 0 Å². The predicted molar refractivity (Wildman–Crippen MR) is 51.4 cm³/mol. The van der Waals surface area contributed by atoms with E-state index in [1.807, 2.05) is 13.8 Å². The van der Waals surface area contributed by atoms with Gasteiger partial charge in [0, 0.05) is 0 Å². The number of carbonyl (C=O) groups is 1. The number of hydrogen-bond acceptors (Lipinski definition) is 3. The van der Waals surface area contributed by atoms with Crippen molar-refractivity contribution in [3.05, 3.63) is 23.3 Å². The highest BCUT2D eigenvalue weighted by molar-refractivity contribution is 7.31. The maximum absolute atomic E-state index is 11.1. The molecule has 72 valence electrons. The van der Waals surface area contributed by atoms with Crippen molar-refractivity contribution < 1.29 is 13.9 Å². The van der Waals surface area contributed by atoms with Gasteiger partial charge in [0.2, 0.25) is 0 Å². The smallest absolute Gasteiger partial charge is 0.290 e. The molecule has 0 spiro atoms. The molecule has 0 radical (unpaired) electrons. The minimum Gasteiger partial charge on any atom is -0.290 e. The lowest BCUT2D eigenvalue weighted by Gasteiger charge is -1.90. The molecule has 4 heteroatoms. The van der Waals surface area contributed by atoms with Crippen molar-refractivity contribution in [1.82, 2.24) is 0 Å². The summed E-state index contributed by atoms with van der Waals surface area (Å²) < 4.78 is 20.6. The Morgan fingerprint density at radius 2 is 1.69 bits per heavy atom. The van der Waals surface area contributed by atoms with E-state index in [1.54, 1.807) is 6.92 Å². The maximum atomic E-state index is 11.1. The summed E-state index contributed by atoms with van der Waals surface area (Å²) in [4.78, 5) is 11.1. The lowest BCUT2D eigenvalue weighted by Crippen LogP contribution is -1.90. The van der Waals surface area contributed by atoms with Crippen LogP contribution in [-0.4, -0.2) is 11.9 Å². The maximum Gasteiger partial charge on any atom is 0.319 e. The van der Waals surface area contributed by atoms with Gasteiger partial charge in [0.05, 0.1) is 6.16 Å². The molecule has 0 aliphatic carbocycles. The minimum atomic E-state index is -2.43. The van der Waals surface area contributed by atoms with Crippen LogP contribution in [0.2, 0.25) is 0 Å². The van der Waals surface area contributed by atoms with Gasteiger partial charge in [-0.05, 0) is 32.9 Å². The number of allylic oxidation sites excluding steroid dienone is 4. The Labute approximate surface area is 78.4 Å². The Morgan fingerprint density at radius 1 is 1.15 bits per heavy atom. The van der Waals surface area contributed by atoms with E-state index in [9.17, 15) is 13.9 Å². The molecule has 0 rings (SSSR count). The first-order valence-corrected chi connectivity index (χ1v) is 5.26. The SMILES string of the molecule is CC(C)=CC(=O)C=C(C)CP(=O)=O. The lowest BCUT2D eigenvalue weighted by molar-refractivity contribution is -0.110. The summed E-state index contributed by atoms with van der Waals surface area (Å²) in [6, 6.07) is 0. The molecule has 0 unspecified atom stereocenters. The van der Waals surface area contributed by atoms with Gasteiger partial charge in [-0.3, -0.25) is 4.79 Å². The third kappa shape index (κ3) is 7.41. The molecular weight excluding hydrogens is 187 g/mol. The molecule has 0 amide bonds. The van der Waals surface area contributed by atoms with E-state index < -0.39 is 7.68 Å². The monoisotopic (exact) mass is 200 g/mol. The average molecular weight is 200 g/mol. The van der Waals surface area contributed by atoms with Gasteiger partial charge in [0.25, 0.3) is 0 Å². The van der Waals surface area contributed by atoms with Gasteiger partial charge >= 0.3 is 7.68 Å². The van der Waals surface area contributed by atoms with Crippen LogP contribution in [0.4, 0.5) is 0 Å². The summed E-state index contributed by atoms with van der Waals surface area (Å²) in [6.45, 7) is 5.26. The van der Waals surface area contributed by atoms with E-state index in [1.165, 1.54) is 12.2 Å². The van der Waals surface area contributed by atoms with Crippen molar-refractivity contribution in [3.63, 3.8) is 0 Å². The zero-order chi connectivity index (χ0) is 10.4. The Hall–Kier alpha value is -0.950. The number of rotatable bonds is 4. The Bertz CT molecular complexity index is 310. The molecule has 0 saturated carbocycles. The van der Waals surface area contributed by atoms with Crippen LogP contribution in [0.25, 0.3) is 0 Å². The fraction of sp³-hybridized carbons (Fsp3) is 0.444. The number of ketones is 1. The number of hydrogen-bond donors (Lipinski definition) is 0. The van der Waals surface area contributed by atoms with Crippen molar-refractivity contribution in [2.75, 3.05) is 6.16 Å². The van der Waals surface area contributed by atoms with Gasteiger partial charge in [-0.15, -0.1) is 0 Å². The second-order valence-electron chi connectivity index (χ2n) is 3.11. The van der Waals surface area contributed by atoms with Crippen LogP contribution < -0.4 is 0 Å². The van der Waals surface area contributed by atoms with Crippen LogP contribution in [0.1, 0.15) is 20.8 Å². The minimum absolute atomic E-state index is 0.0440. The normalized spacial score (nSPS) is 10.8. The molecule has 0 bridgehead atoms. The Kier molecular flexibility index (Phi) is 5.24. The predicted octanol–water partition coefficient (Wildman–Crippen LogP) is 2.64. The van der Waals surface area contributed by atoms with Crippen LogP contribution in [0.5, 0.6) is 0 Å². The molecule has 0 aromatic heterocycles. The van der Waals surface area contributed by atoms with Gasteiger partial charge in [0.15, 0.2) is 5.78 Å². The third-order valence-electron chi connectivity index (χ3n) is 1.20. The topological polar surface area (TPSA) is 51.2 Å². The summed E-state index contributed by atoms with van der Waals surface area (Å²) >= 11 is 0. The van der Waals surface area contributed by atoms with Gasteiger partial charge in [-0.1, -0.05) is 11.1 Å². The molecule has 0 saturated heterocycles. The summed E-state index contributed by atoms with van der Waals surface area (Å²) in [5.74, 6) is -0.158. The summed E-state index contributed by atoms with van der Waals surface area (Å²) in [6.07, 6.45) is 2.77. The van der Waals surface area contributed by atoms with Gasteiger partial charge in [-0.2, -0.15) is 0 Å². The molecule has 0 aliphatic rings. The quantitative estimate of drug-likeness (QED) is 0.517. The first-order chi connectivity index (χ1) is 5.91. The second kappa shape index (κ2) is 5.65. The van der Waals surface area contributed by atoms with E-state index in [-0.39, 0.29) is 11.9 Å².